The van der Waals surface area contributed by atoms with Crippen molar-refractivity contribution < 1.29 is 14.6 Å². The Hall–Kier alpha value is -1.43. The quantitative estimate of drug-likeness (QED) is 0.572. The predicted octanol–water partition coefficient (Wildman–Crippen LogP) is 2.07. The minimum absolute atomic E-state index is 0.367. The number of rotatable bonds is 5. The van der Waals surface area contributed by atoms with Gasteiger partial charge >= 0.3 is 6.09 Å². The predicted molar refractivity (Wildman–Crippen MR) is 64.7 cm³/mol. The van der Waals surface area contributed by atoms with Gasteiger partial charge in [0.25, 0.3) is 0 Å². The molecule has 16 heavy (non-hydrogen) atoms. The zero-order chi connectivity index (χ0) is 12.0. The van der Waals surface area contributed by atoms with Crippen LogP contribution >= 0.6 is 15.9 Å². The summed E-state index contributed by atoms with van der Waals surface area (Å²) < 4.78 is 6.29. The number of anilines is 1. The van der Waals surface area contributed by atoms with Crippen molar-refractivity contribution in [2.24, 2.45) is 0 Å². The molecule has 1 aromatic rings. The molecule has 1 amide bonds. The van der Waals surface area contributed by atoms with E-state index in [4.69, 9.17) is 15.6 Å². The summed E-state index contributed by atoms with van der Waals surface area (Å²) in [4.78, 5) is 10.1. The van der Waals surface area contributed by atoms with Crippen molar-refractivity contribution in [3.8, 4) is 5.75 Å². The number of benzene rings is 1. The van der Waals surface area contributed by atoms with Crippen LogP contribution in [0.4, 0.5) is 10.5 Å². The van der Waals surface area contributed by atoms with Crippen LogP contribution in [0.15, 0.2) is 22.7 Å². The Kier molecular flexibility index (Phi) is 4.91. The standard InChI is InChI=1S/C10H13BrN2O3/c11-7-2-3-9(8(12)6-7)16-5-1-4-13-10(14)15/h2-3,6,13H,1,4-5,12H2,(H,14,15). The topological polar surface area (TPSA) is 84.6 Å². The van der Waals surface area contributed by atoms with Gasteiger partial charge in [0.1, 0.15) is 5.75 Å². The van der Waals surface area contributed by atoms with Crippen LogP contribution in [0.2, 0.25) is 0 Å². The normalized spacial score (nSPS) is 9.81. The largest absolute Gasteiger partial charge is 0.491 e. The molecular formula is C10H13BrN2O3. The molecule has 88 valence electrons. The van der Waals surface area contributed by atoms with Crippen LogP contribution in [-0.4, -0.2) is 24.4 Å². The maximum Gasteiger partial charge on any atom is 0.404 e. The first-order chi connectivity index (χ1) is 7.59. The number of halogens is 1. The summed E-state index contributed by atoms with van der Waals surface area (Å²) in [6, 6.07) is 5.36. The highest BCUT2D eigenvalue weighted by Crippen LogP contribution is 2.25. The van der Waals surface area contributed by atoms with Crippen LogP contribution in [0.1, 0.15) is 6.42 Å². The number of nitrogen functional groups attached to an aromatic ring is 1. The third kappa shape index (κ3) is 4.39. The number of ether oxygens (including phenoxy) is 1. The van der Waals surface area contributed by atoms with Crippen molar-refractivity contribution in [2.75, 3.05) is 18.9 Å². The van der Waals surface area contributed by atoms with Crippen LogP contribution in [0.3, 0.4) is 0 Å². The van der Waals surface area contributed by atoms with Gasteiger partial charge < -0.3 is 20.9 Å². The van der Waals surface area contributed by atoms with Crippen molar-refractivity contribution in [3.05, 3.63) is 22.7 Å². The number of carbonyl (C=O) groups is 1. The molecule has 0 fully saturated rings. The van der Waals surface area contributed by atoms with Gasteiger partial charge in [-0.25, -0.2) is 4.79 Å². The maximum atomic E-state index is 10.1. The molecule has 0 aliphatic rings. The Morgan fingerprint density at radius 2 is 2.31 bits per heavy atom. The summed E-state index contributed by atoms with van der Waals surface area (Å²) in [5.74, 6) is 0.610. The highest BCUT2D eigenvalue weighted by atomic mass is 79.9. The minimum atomic E-state index is -1.02. The molecule has 0 aliphatic carbocycles. The first kappa shape index (κ1) is 12.6. The van der Waals surface area contributed by atoms with E-state index < -0.39 is 6.09 Å². The molecule has 1 aromatic carbocycles. The van der Waals surface area contributed by atoms with E-state index in [2.05, 4.69) is 21.2 Å². The lowest BCUT2D eigenvalue weighted by atomic mass is 10.3. The van der Waals surface area contributed by atoms with Gasteiger partial charge in [-0.05, 0) is 24.6 Å². The van der Waals surface area contributed by atoms with Crippen molar-refractivity contribution in [1.29, 1.82) is 0 Å². The van der Waals surface area contributed by atoms with Gasteiger partial charge in [0.2, 0.25) is 0 Å². The SMILES string of the molecule is Nc1cc(Br)ccc1OCCCNC(=O)O. The van der Waals surface area contributed by atoms with Gasteiger partial charge in [-0.15, -0.1) is 0 Å². The molecular weight excluding hydrogens is 276 g/mol. The van der Waals surface area contributed by atoms with Gasteiger partial charge in [0.15, 0.2) is 0 Å². The Morgan fingerprint density at radius 1 is 1.56 bits per heavy atom. The summed E-state index contributed by atoms with van der Waals surface area (Å²) in [5, 5.41) is 10.6. The highest BCUT2D eigenvalue weighted by molar-refractivity contribution is 9.10. The summed E-state index contributed by atoms with van der Waals surface area (Å²) >= 11 is 3.29. The van der Waals surface area contributed by atoms with E-state index >= 15 is 0 Å². The number of hydrogen-bond acceptors (Lipinski definition) is 3. The fraction of sp³-hybridized carbons (Fsp3) is 0.300. The van der Waals surface area contributed by atoms with Gasteiger partial charge in [-0.1, -0.05) is 15.9 Å². The van der Waals surface area contributed by atoms with Gasteiger partial charge in [-0.2, -0.15) is 0 Å². The van der Waals surface area contributed by atoms with Crippen molar-refractivity contribution in [2.45, 2.75) is 6.42 Å². The summed E-state index contributed by atoms with van der Waals surface area (Å²) in [6.07, 6.45) is -0.426. The number of nitrogens with two attached hydrogens (primary N) is 1. The van der Waals surface area contributed by atoms with E-state index in [1.54, 1.807) is 12.1 Å². The van der Waals surface area contributed by atoms with Gasteiger partial charge in [0, 0.05) is 11.0 Å². The molecule has 4 N–H and O–H groups in total. The van der Waals surface area contributed by atoms with Gasteiger partial charge in [-0.3, -0.25) is 0 Å². The van der Waals surface area contributed by atoms with Crippen LogP contribution < -0.4 is 15.8 Å². The van der Waals surface area contributed by atoms with E-state index in [0.717, 1.165) is 4.47 Å². The second-order valence-electron chi connectivity index (χ2n) is 3.12. The third-order valence-electron chi connectivity index (χ3n) is 1.83. The number of carboxylic acid groups (broad SMARTS) is 1. The van der Waals surface area contributed by atoms with Crippen molar-refractivity contribution in [3.63, 3.8) is 0 Å². The molecule has 0 saturated carbocycles. The first-order valence-corrected chi connectivity index (χ1v) is 5.53. The Bertz CT molecular complexity index is 371. The molecule has 0 aliphatic heterocycles. The van der Waals surface area contributed by atoms with E-state index in [0.29, 0.717) is 31.0 Å². The molecule has 0 atom stereocenters. The average molecular weight is 289 g/mol. The van der Waals surface area contributed by atoms with Crippen LogP contribution in [0, 0.1) is 0 Å². The first-order valence-electron chi connectivity index (χ1n) is 4.74. The number of nitrogens with one attached hydrogen (secondary N) is 1. The lowest BCUT2D eigenvalue weighted by Crippen LogP contribution is -2.23. The molecule has 0 saturated heterocycles. The van der Waals surface area contributed by atoms with E-state index in [1.165, 1.54) is 0 Å². The Labute approximate surface area is 102 Å². The molecule has 0 heterocycles. The fourth-order valence-electron chi connectivity index (χ4n) is 1.10. The summed E-state index contributed by atoms with van der Waals surface area (Å²) in [7, 11) is 0. The fourth-order valence-corrected chi connectivity index (χ4v) is 1.48. The highest BCUT2D eigenvalue weighted by Gasteiger charge is 2.00. The minimum Gasteiger partial charge on any atom is -0.491 e. The Morgan fingerprint density at radius 3 is 2.94 bits per heavy atom. The summed E-state index contributed by atoms with van der Waals surface area (Å²) in [6.45, 7) is 0.790. The molecule has 0 spiro atoms. The van der Waals surface area contributed by atoms with Crippen LogP contribution in [-0.2, 0) is 0 Å². The molecule has 0 radical (unpaired) electrons. The second kappa shape index (κ2) is 6.22. The van der Waals surface area contributed by atoms with Crippen LogP contribution in [0.5, 0.6) is 5.75 Å². The average Bonchev–Trinajstić information content (AvgIpc) is 2.20. The lowest BCUT2D eigenvalue weighted by molar-refractivity contribution is 0.193. The molecule has 0 aromatic heterocycles. The maximum absolute atomic E-state index is 10.1. The second-order valence-corrected chi connectivity index (χ2v) is 4.03. The number of hydrogen-bond donors (Lipinski definition) is 3. The van der Waals surface area contributed by atoms with Crippen LogP contribution in [0.25, 0.3) is 0 Å². The third-order valence-corrected chi connectivity index (χ3v) is 2.32. The van der Waals surface area contributed by atoms with E-state index in [9.17, 15) is 4.79 Å². The number of amides is 1. The smallest absolute Gasteiger partial charge is 0.404 e. The zero-order valence-corrected chi connectivity index (χ0v) is 10.2. The molecule has 1 rings (SSSR count). The molecule has 0 bridgehead atoms. The van der Waals surface area contributed by atoms with Gasteiger partial charge in [0.05, 0.1) is 12.3 Å². The van der Waals surface area contributed by atoms with E-state index in [-0.39, 0.29) is 0 Å². The molecule has 6 heteroatoms. The lowest BCUT2D eigenvalue weighted by Gasteiger charge is -2.08. The van der Waals surface area contributed by atoms with Crippen molar-refractivity contribution in [1.82, 2.24) is 5.32 Å². The Balaban J connectivity index is 2.29. The molecule has 5 nitrogen and oxygen atoms in total. The van der Waals surface area contributed by atoms with Crippen molar-refractivity contribution >= 4 is 27.7 Å². The summed E-state index contributed by atoms with van der Waals surface area (Å²) in [5.41, 5.74) is 6.28. The zero-order valence-electron chi connectivity index (χ0n) is 8.57. The molecule has 0 unspecified atom stereocenters. The van der Waals surface area contributed by atoms with E-state index in [1.807, 2.05) is 6.07 Å². The monoisotopic (exact) mass is 288 g/mol.